The average molecular weight is 216 g/mol. The summed E-state index contributed by atoms with van der Waals surface area (Å²) >= 11 is 0. The first-order valence-corrected chi connectivity index (χ1v) is 5.86. The zero-order valence-corrected chi connectivity index (χ0v) is 9.35. The fourth-order valence-corrected chi connectivity index (χ4v) is 2.00. The molecule has 1 aliphatic rings. The fourth-order valence-electron chi connectivity index (χ4n) is 2.00. The van der Waals surface area contributed by atoms with Crippen LogP contribution in [0.1, 0.15) is 48.9 Å². The van der Waals surface area contributed by atoms with Crippen molar-refractivity contribution >= 4 is 5.78 Å². The van der Waals surface area contributed by atoms with Crippen molar-refractivity contribution in [1.82, 2.24) is 9.97 Å². The first-order chi connectivity index (χ1) is 7.88. The maximum Gasteiger partial charge on any atom is 0.191 e. The Hall–Kier alpha value is -1.51. The van der Waals surface area contributed by atoms with Crippen molar-refractivity contribution < 1.29 is 4.79 Å². The number of ketones is 1. The Kier molecular flexibility index (Phi) is 3.81. The van der Waals surface area contributed by atoms with Gasteiger partial charge in [-0.3, -0.25) is 4.79 Å². The molecule has 1 aromatic heterocycles. The molecule has 3 nitrogen and oxygen atoms in total. The van der Waals surface area contributed by atoms with Gasteiger partial charge in [-0.1, -0.05) is 18.9 Å². The highest BCUT2D eigenvalue weighted by atomic mass is 16.1. The lowest BCUT2D eigenvalue weighted by Gasteiger charge is -2.09. The van der Waals surface area contributed by atoms with Crippen molar-refractivity contribution in [2.24, 2.45) is 0 Å². The monoisotopic (exact) mass is 216 g/mol. The van der Waals surface area contributed by atoms with Crippen molar-refractivity contribution in [2.45, 2.75) is 38.5 Å². The number of hydrogen-bond acceptors (Lipinski definition) is 3. The lowest BCUT2D eigenvalue weighted by Crippen LogP contribution is -2.06. The smallest absolute Gasteiger partial charge is 0.191 e. The molecular weight excluding hydrogens is 200 g/mol. The van der Waals surface area contributed by atoms with Crippen LogP contribution in [-0.2, 0) is 0 Å². The van der Waals surface area contributed by atoms with Crippen LogP contribution in [-0.4, -0.2) is 15.8 Å². The lowest BCUT2D eigenvalue weighted by atomic mass is 9.95. The SMILES string of the molecule is O=C(C1=CCCCCCC1)c1cncnc1. The van der Waals surface area contributed by atoms with Gasteiger partial charge in [0.1, 0.15) is 6.33 Å². The Bertz CT molecular complexity index is 384. The standard InChI is InChI=1S/C13H16N2O/c16-13(12-8-14-10-15-9-12)11-6-4-2-1-3-5-7-11/h6,8-10H,1-5,7H2. The van der Waals surface area contributed by atoms with Crippen molar-refractivity contribution in [3.8, 4) is 0 Å². The van der Waals surface area contributed by atoms with Crippen LogP contribution in [0.2, 0.25) is 0 Å². The van der Waals surface area contributed by atoms with E-state index in [1.54, 1.807) is 12.4 Å². The molecule has 0 amide bonds. The Labute approximate surface area is 95.6 Å². The maximum absolute atomic E-state index is 12.1. The molecule has 0 radical (unpaired) electrons. The molecule has 0 aromatic carbocycles. The number of allylic oxidation sites excluding steroid dienone is 2. The third kappa shape index (κ3) is 2.75. The van der Waals surface area contributed by atoms with Crippen LogP contribution in [0, 0.1) is 0 Å². The van der Waals surface area contributed by atoms with Crippen LogP contribution in [0.4, 0.5) is 0 Å². The van der Waals surface area contributed by atoms with E-state index >= 15 is 0 Å². The van der Waals surface area contributed by atoms with Gasteiger partial charge in [0.25, 0.3) is 0 Å². The second-order valence-electron chi connectivity index (χ2n) is 4.14. The molecule has 0 N–H and O–H groups in total. The number of aromatic nitrogens is 2. The van der Waals surface area contributed by atoms with E-state index < -0.39 is 0 Å². The van der Waals surface area contributed by atoms with Crippen LogP contribution in [0.15, 0.2) is 30.4 Å². The zero-order chi connectivity index (χ0) is 11.2. The average Bonchev–Trinajstić information content (AvgIpc) is 2.29. The van der Waals surface area contributed by atoms with E-state index in [9.17, 15) is 4.79 Å². The third-order valence-electron chi connectivity index (χ3n) is 2.91. The summed E-state index contributed by atoms with van der Waals surface area (Å²) in [6.45, 7) is 0. The number of hydrogen-bond donors (Lipinski definition) is 0. The summed E-state index contributed by atoms with van der Waals surface area (Å²) in [6, 6.07) is 0. The van der Waals surface area contributed by atoms with Crippen molar-refractivity contribution in [2.75, 3.05) is 0 Å². The first kappa shape index (κ1) is 11.0. The van der Waals surface area contributed by atoms with E-state index in [0.29, 0.717) is 5.56 Å². The van der Waals surface area contributed by atoms with Gasteiger partial charge in [-0.05, 0) is 31.3 Å². The third-order valence-corrected chi connectivity index (χ3v) is 2.91. The quantitative estimate of drug-likeness (QED) is 0.714. The van der Waals surface area contributed by atoms with E-state index in [2.05, 4.69) is 16.0 Å². The first-order valence-electron chi connectivity index (χ1n) is 5.86. The summed E-state index contributed by atoms with van der Waals surface area (Å²) < 4.78 is 0. The zero-order valence-electron chi connectivity index (χ0n) is 9.35. The van der Waals surface area contributed by atoms with Gasteiger partial charge in [-0.25, -0.2) is 9.97 Å². The van der Waals surface area contributed by atoms with E-state index in [-0.39, 0.29) is 5.78 Å². The molecule has 16 heavy (non-hydrogen) atoms. The van der Waals surface area contributed by atoms with Gasteiger partial charge in [0.05, 0.1) is 5.56 Å². The molecule has 84 valence electrons. The van der Waals surface area contributed by atoms with Crippen molar-refractivity contribution in [1.29, 1.82) is 0 Å². The molecule has 0 fully saturated rings. The molecule has 2 rings (SSSR count). The highest BCUT2D eigenvalue weighted by Gasteiger charge is 2.13. The predicted molar refractivity (Wildman–Crippen MR) is 62.1 cm³/mol. The van der Waals surface area contributed by atoms with Crippen LogP contribution in [0.3, 0.4) is 0 Å². The van der Waals surface area contributed by atoms with Gasteiger partial charge in [0.2, 0.25) is 0 Å². The molecule has 0 bridgehead atoms. The Morgan fingerprint density at radius 2 is 1.81 bits per heavy atom. The molecule has 0 saturated heterocycles. The molecule has 1 heterocycles. The van der Waals surface area contributed by atoms with Gasteiger partial charge in [-0.15, -0.1) is 0 Å². The Morgan fingerprint density at radius 1 is 1.06 bits per heavy atom. The van der Waals surface area contributed by atoms with Gasteiger partial charge in [0.15, 0.2) is 5.78 Å². The molecule has 0 aliphatic heterocycles. The molecule has 1 aliphatic carbocycles. The van der Waals surface area contributed by atoms with Crippen LogP contribution in [0.5, 0.6) is 0 Å². The highest BCUT2D eigenvalue weighted by molar-refractivity contribution is 6.08. The Balaban J connectivity index is 2.14. The van der Waals surface area contributed by atoms with Gasteiger partial charge >= 0.3 is 0 Å². The van der Waals surface area contributed by atoms with E-state index in [4.69, 9.17) is 0 Å². The highest BCUT2D eigenvalue weighted by Crippen LogP contribution is 2.19. The van der Waals surface area contributed by atoms with Gasteiger partial charge < -0.3 is 0 Å². The van der Waals surface area contributed by atoms with Crippen molar-refractivity contribution in [3.05, 3.63) is 35.9 Å². The van der Waals surface area contributed by atoms with E-state index in [1.807, 2.05) is 0 Å². The minimum absolute atomic E-state index is 0.0995. The summed E-state index contributed by atoms with van der Waals surface area (Å²) in [7, 11) is 0. The van der Waals surface area contributed by atoms with E-state index in [1.165, 1.54) is 25.6 Å². The number of Topliss-reactive ketones (excluding diaryl/α,β-unsaturated/α-hetero) is 1. The maximum atomic E-state index is 12.1. The molecule has 3 heteroatoms. The number of rotatable bonds is 2. The fraction of sp³-hybridized carbons (Fsp3) is 0.462. The molecule has 0 atom stereocenters. The molecular formula is C13H16N2O. The number of carbonyl (C=O) groups is 1. The van der Waals surface area contributed by atoms with Crippen molar-refractivity contribution in [3.63, 3.8) is 0 Å². The summed E-state index contributed by atoms with van der Waals surface area (Å²) in [4.78, 5) is 19.9. The second-order valence-corrected chi connectivity index (χ2v) is 4.14. The largest absolute Gasteiger partial charge is 0.289 e. The molecule has 0 unspecified atom stereocenters. The van der Waals surface area contributed by atoms with Gasteiger partial charge in [0, 0.05) is 12.4 Å². The summed E-state index contributed by atoms with van der Waals surface area (Å²) in [5.41, 5.74) is 1.55. The minimum Gasteiger partial charge on any atom is -0.289 e. The van der Waals surface area contributed by atoms with Gasteiger partial charge in [-0.2, -0.15) is 0 Å². The molecule has 0 saturated carbocycles. The normalized spacial score (nSPS) is 17.1. The molecule has 0 spiro atoms. The lowest BCUT2D eigenvalue weighted by molar-refractivity contribution is 0.102. The van der Waals surface area contributed by atoms with Crippen LogP contribution in [0.25, 0.3) is 0 Å². The summed E-state index contributed by atoms with van der Waals surface area (Å²) in [5, 5.41) is 0. The number of nitrogens with zero attached hydrogens (tertiary/aromatic N) is 2. The van der Waals surface area contributed by atoms with Crippen LogP contribution >= 0.6 is 0 Å². The predicted octanol–water partition coefficient (Wildman–Crippen LogP) is 2.94. The van der Waals surface area contributed by atoms with E-state index in [0.717, 1.165) is 24.8 Å². The summed E-state index contributed by atoms with van der Waals surface area (Å²) in [6.07, 6.45) is 13.5. The Morgan fingerprint density at radius 3 is 2.62 bits per heavy atom. The minimum atomic E-state index is 0.0995. The second kappa shape index (κ2) is 5.54. The topological polar surface area (TPSA) is 42.9 Å². The number of carbonyl (C=O) groups excluding carboxylic acids is 1. The van der Waals surface area contributed by atoms with Crippen LogP contribution < -0.4 is 0 Å². The summed E-state index contributed by atoms with van der Waals surface area (Å²) in [5.74, 6) is 0.0995. The molecule has 1 aromatic rings.